The predicted molar refractivity (Wildman–Crippen MR) is 126 cm³/mol. The molecular formula is C25H35N3O3S. The number of carbonyl (C=O) groups is 2. The zero-order chi connectivity index (χ0) is 22.2. The fourth-order valence-electron chi connectivity index (χ4n) is 6.94. The van der Waals surface area contributed by atoms with Crippen molar-refractivity contribution >= 4 is 29.5 Å². The Morgan fingerprint density at radius 1 is 1.16 bits per heavy atom. The summed E-state index contributed by atoms with van der Waals surface area (Å²) in [5, 5.41) is 4.27. The van der Waals surface area contributed by atoms with E-state index < -0.39 is 0 Å². The van der Waals surface area contributed by atoms with Gasteiger partial charge in [-0.15, -0.1) is 11.8 Å². The summed E-state index contributed by atoms with van der Waals surface area (Å²) in [6.45, 7) is 3.78. The van der Waals surface area contributed by atoms with Crippen LogP contribution in [0.3, 0.4) is 0 Å². The van der Waals surface area contributed by atoms with Crippen molar-refractivity contribution in [1.82, 2.24) is 10.3 Å². The number of methoxy groups -OCH3 is 1. The van der Waals surface area contributed by atoms with Crippen LogP contribution in [0.2, 0.25) is 0 Å². The Kier molecular flexibility index (Phi) is 6.37. The number of nitrogens with one attached hydrogen (secondary N) is 1. The molecule has 5 aliphatic rings. The summed E-state index contributed by atoms with van der Waals surface area (Å²) < 4.78 is 4.82. The second-order valence-electron chi connectivity index (χ2n) is 10.3. The van der Waals surface area contributed by atoms with Crippen LogP contribution in [0.5, 0.6) is 0 Å². The smallest absolute Gasteiger partial charge is 0.305 e. The van der Waals surface area contributed by atoms with Crippen LogP contribution >= 0.6 is 11.8 Å². The molecule has 1 atom stereocenters. The lowest BCUT2D eigenvalue weighted by Crippen LogP contribution is -2.55. The molecule has 174 valence electrons. The van der Waals surface area contributed by atoms with Gasteiger partial charge in [0.1, 0.15) is 10.8 Å². The SMILES string of the molecule is CCSc1nc(N2CC[C@H](CC(=O)OC)C2)ccc1C(=O)NC1C2CC3CC(C2)CC1C3. The van der Waals surface area contributed by atoms with Crippen molar-refractivity contribution in [2.75, 3.05) is 30.9 Å². The average molecular weight is 458 g/mol. The van der Waals surface area contributed by atoms with Gasteiger partial charge in [-0.3, -0.25) is 9.59 Å². The van der Waals surface area contributed by atoms with E-state index in [2.05, 4.69) is 17.1 Å². The number of hydrogen-bond donors (Lipinski definition) is 1. The Morgan fingerprint density at radius 2 is 1.88 bits per heavy atom. The fourth-order valence-corrected chi connectivity index (χ4v) is 7.69. The summed E-state index contributed by atoms with van der Waals surface area (Å²) in [7, 11) is 1.44. The zero-order valence-electron chi connectivity index (χ0n) is 19.2. The van der Waals surface area contributed by atoms with E-state index in [9.17, 15) is 9.59 Å². The molecule has 0 unspecified atom stereocenters. The lowest BCUT2D eigenvalue weighted by molar-refractivity contribution is -0.141. The molecule has 4 bridgehead atoms. The van der Waals surface area contributed by atoms with Gasteiger partial charge in [-0.25, -0.2) is 4.98 Å². The molecule has 4 aliphatic carbocycles. The molecule has 0 radical (unpaired) electrons. The van der Waals surface area contributed by atoms with Gasteiger partial charge in [0.15, 0.2) is 0 Å². The average Bonchev–Trinajstić information content (AvgIpc) is 3.24. The molecule has 6 rings (SSSR count). The van der Waals surface area contributed by atoms with Crippen molar-refractivity contribution in [2.24, 2.45) is 29.6 Å². The van der Waals surface area contributed by atoms with Crippen molar-refractivity contribution in [3.8, 4) is 0 Å². The third kappa shape index (κ3) is 4.37. The van der Waals surface area contributed by atoms with Crippen molar-refractivity contribution < 1.29 is 14.3 Å². The third-order valence-electron chi connectivity index (χ3n) is 8.19. The van der Waals surface area contributed by atoms with E-state index in [-0.39, 0.29) is 11.9 Å². The highest BCUT2D eigenvalue weighted by Gasteiger charge is 2.48. The quantitative estimate of drug-likeness (QED) is 0.490. The summed E-state index contributed by atoms with van der Waals surface area (Å²) in [6.07, 6.45) is 8.03. The molecule has 1 aliphatic heterocycles. The van der Waals surface area contributed by atoms with Crippen molar-refractivity contribution in [3.63, 3.8) is 0 Å². The number of rotatable bonds is 7. The van der Waals surface area contributed by atoms with E-state index in [0.29, 0.717) is 35.8 Å². The Morgan fingerprint density at radius 3 is 2.53 bits per heavy atom. The molecule has 0 aromatic carbocycles. The molecule has 1 amide bonds. The normalized spacial score (nSPS) is 32.9. The Bertz CT molecular complexity index is 848. The highest BCUT2D eigenvalue weighted by atomic mass is 32.2. The zero-order valence-corrected chi connectivity index (χ0v) is 20.0. The van der Waals surface area contributed by atoms with Crippen LogP contribution in [0.4, 0.5) is 5.82 Å². The van der Waals surface area contributed by atoms with Crippen LogP contribution in [0.25, 0.3) is 0 Å². The fraction of sp³-hybridized carbons (Fsp3) is 0.720. The lowest BCUT2D eigenvalue weighted by atomic mass is 9.54. The van der Waals surface area contributed by atoms with Crippen LogP contribution in [-0.4, -0.2) is 48.9 Å². The second-order valence-corrected chi connectivity index (χ2v) is 11.5. The molecule has 2 heterocycles. The molecule has 6 nitrogen and oxygen atoms in total. The number of thioether (sulfide) groups is 1. The van der Waals surface area contributed by atoms with Crippen molar-refractivity contribution in [2.45, 2.75) is 62.9 Å². The van der Waals surface area contributed by atoms with Gasteiger partial charge >= 0.3 is 5.97 Å². The minimum absolute atomic E-state index is 0.0439. The van der Waals surface area contributed by atoms with Gasteiger partial charge in [0.05, 0.1) is 19.1 Å². The van der Waals surface area contributed by atoms with Gasteiger partial charge in [0.25, 0.3) is 5.91 Å². The summed E-state index contributed by atoms with van der Waals surface area (Å²) >= 11 is 1.64. The molecule has 5 fully saturated rings. The largest absolute Gasteiger partial charge is 0.469 e. The standard InChI is InChI=1S/C25H35N3O3S/c1-3-32-25-20(4-5-21(26-25)28-7-6-15(14-28)13-22(29)31-2)24(30)27-23-18-9-16-8-17(11-18)12-19(23)10-16/h4-5,15-19,23H,3,6-14H2,1-2H3,(H,27,30)/t15-,16?,17?,18?,19?,23?/m1/s1. The lowest BCUT2D eigenvalue weighted by Gasteiger charge is -2.54. The van der Waals surface area contributed by atoms with E-state index in [0.717, 1.165) is 47.9 Å². The molecule has 4 saturated carbocycles. The Hall–Kier alpha value is -1.76. The Labute approximate surface area is 195 Å². The molecule has 1 saturated heterocycles. The number of carbonyl (C=O) groups excluding carboxylic acids is 2. The van der Waals surface area contributed by atoms with E-state index in [4.69, 9.17) is 9.72 Å². The first-order valence-corrected chi connectivity index (χ1v) is 13.3. The number of nitrogens with zero attached hydrogens (tertiary/aromatic N) is 2. The number of amides is 1. The summed E-state index contributed by atoms with van der Waals surface area (Å²) in [6, 6.07) is 4.28. The Balaban J connectivity index is 1.28. The highest BCUT2D eigenvalue weighted by molar-refractivity contribution is 7.99. The van der Waals surface area contributed by atoms with Crippen LogP contribution < -0.4 is 10.2 Å². The van der Waals surface area contributed by atoms with Gasteiger partial charge < -0.3 is 15.0 Å². The third-order valence-corrected chi connectivity index (χ3v) is 9.06. The maximum atomic E-state index is 13.3. The summed E-state index contributed by atoms with van der Waals surface area (Å²) in [5.74, 6) is 5.11. The number of anilines is 1. The van der Waals surface area contributed by atoms with Crippen molar-refractivity contribution in [1.29, 1.82) is 0 Å². The van der Waals surface area contributed by atoms with E-state index in [1.807, 2.05) is 12.1 Å². The maximum Gasteiger partial charge on any atom is 0.305 e. The number of ether oxygens (including phenoxy) is 1. The maximum absolute atomic E-state index is 13.3. The van der Waals surface area contributed by atoms with Crippen LogP contribution in [0, 0.1) is 29.6 Å². The number of esters is 1. The number of aromatic nitrogens is 1. The summed E-state index contributed by atoms with van der Waals surface area (Å²) in [4.78, 5) is 32.1. The minimum Gasteiger partial charge on any atom is -0.469 e. The molecule has 1 aromatic heterocycles. The van der Waals surface area contributed by atoms with Crippen molar-refractivity contribution in [3.05, 3.63) is 17.7 Å². The van der Waals surface area contributed by atoms with Gasteiger partial charge in [0, 0.05) is 19.1 Å². The first-order valence-electron chi connectivity index (χ1n) is 12.3. The topological polar surface area (TPSA) is 71.5 Å². The molecule has 7 heteroatoms. The van der Waals surface area contributed by atoms with Gasteiger partial charge in [-0.1, -0.05) is 6.92 Å². The molecule has 32 heavy (non-hydrogen) atoms. The number of hydrogen-bond acceptors (Lipinski definition) is 6. The van der Waals surface area contributed by atoms with E-state index in [1.165, 1.54) is 39.2 Å². The van der Waals surface area contributed by atoms with Gasteiger partial charge in [-0.05, 0) is 86.0 Å². The molecule has 1 N–H and O–H groups in total. The van der Waals surface area contributed by atoms with Gasteiger partial charge in [-0.2, -0.15) is 0 Å². The minimum atomic E-state index is -0.149. The van der Waals surface area contributed by atoms with E-state index >= 15 is 0 Å². The molecular weight excluding hydrogens is 422 g/mol. The first kappa shape index (κ1) is 22.1. The molecule has 0 spiro atoms. The van der Waals surface area contributed by atoms with Crippen LogP contribution in [0.1, 0.15) is 62.2 Å². The van der Waals surface area contributed by atoms with Gasteiger partial charge in [0.2, 0.25) is 0 Å². The predicted octanol–water partition coefficient (Wildman–Crippen LogP) is 4.14. The van der Waals surface area contributed by atoms with E-state index in [1.54, 1.807) is 11.8 Å². The molecule has 1 aromatic rings. The van der Waals surface area contributed by atoms with Crippen LogP contribution in [-0.2, 0) is 9.53 Å². The highest BCUT2D eigenvalue weighted by Crippen LogP contribution is 2.53. The second kappa shape index (κ2) is 9.24. The monoisotopic (exact) mass is 457 g/mol. The summed E-state index contributed by atoms with van der Waals surface area (Å²) in [5.41, 5.74) is 0.708. The van der Waals surface area contributed by atoms with Crippen LogP contribution in [0.15, 0.2) is 17.2 Å². The number of pyridine rings is 1. The first-order chi connectivity index (χ1) is 15.5.